The van der Waals surface area contributed by atoms with E-state index in [4.69, 9.17) is 5.11 Å². The Kier molecular flexibility index (Phi) is 2.20. The summed E-state index contributed by atoms with van der Waals surface area (Å²) in [5, 5.41) is 11.9. The van der Waals surface area contributed by atoms with Crippen LogP contribution in [0.25, 0.3) is 0 Å². The molecule has 0 amide bonds. The van der Waals surface area contributed by atoms with Crippen LogP contribution in [0.5, 0.6) is 0 Å². The van der Waals surface area contributed by atoms with E-state index in [2.05, 4.69) is 4.84 Å². The zero-order valence-electron chi connectivity index (χ0n) is 6.90. The second-order valence-corrected chi connectivity index (χ2v) is 3.84. The summed E-state index contributed by atoms with van der Waals surface area (Å²) in [6.45, 7) is 1.23. The molecule has 0 saturated heterocycles. The summed E-state index contributed by atoms with van der Waals surface area (Å²) in [4.78, 5) is 16.2. The van der Waals surface area contributed by atoms with Crippen molar-refractivity contribution in [3.8, 4) is 0 Å². The van der Waals surface area contributed by atoms with Gasteiger partial charge in [-0.25, -0.2) is 4.79 Å². The van der Waals surface area contributed by atoms with Gasteiger partial charge in [0.2, 0.25) is 0 Å². The SMILES string of the molecule is O=C(O)ON1CCc2sccc2C1. The van der Waals surface area contributed by atoms with Crippen LogP contribution in [0.1, 0.15) is 10.4 Å². The van der Waals surface area contributed by atoms with Gasteiger partial charge in [-0.05, 0) is 23.4 Å². The Morgan fingerprint density at radius 2 is 2.54 bits per heavy atom. The summed E-state index contributed by atoms with van der Waals surface area (Å²) >= 11 is 1.72. The van der Waals surface area contributed by atoms with Crippen LogP contribution in [0, 0.1) is 0 Å². The van der Waals surface area contributed by atoms with Gasteiger partial charge >= 0.3 is 6.16 Å². The zero-order chi connectivity index (χ0) is 9.26. The van der Waals surface area contributed by atoms with Gasteiger partial charge in [0, 0.05) is 11.4 Å². The number of carboxylic acid groups (broad SMARTS) is 1. The first-order chi connectivity index (χ1) is 6.25. The number of hydrogen-bond donors (Lipinski definition) is 1. The summed E-state index contributed by atoms with van der Waals surface area (Å²) in [5.41, 5.74) is 1.18. The molecule has 2 heterocycles. The molecule has 4 nitrogen and oxygen atoms in total. The maximum atomic E-state index is 10.3. The number of rotatable bonds is 1. The molecule has 0 bridgehead atoms. The number of carbonyl (C=O) groups is 1. The Bertz CT molecular complexity index is 323. The summed E-state index contributed by atoms with van der Waals surface area (Å²) in [7, 11) is 0. The second-order valence-electron chi connectivity index (χ2n) is 2.84. The normalized spacial score (nSPS) is 16.6. The largest absolute Gasteiger partial charge is 0.525 e. The highest BCUT2D eigenvalue weighted by atomic mass is 32.1. The Hall–Kier alpha value is -1.07. The highest BCUT2D eigenvalue weighted by Crippen LogP contribution is 2.23. The van der Waals surface area contributed by atoms with E-state index in [1.165, 1.54) is 15.5 Å². The van der Waals surface area contributed by atoms with Gasteiger partial charge in [0.15, 0.2) is 0 Å². The number of thiophene rings is 1. The molecule has 1 aliphatic rings. The van der Waals surface area contributed by atoms with Crippen molar-refractivity contribution >= 4 is 17.5 Å². The lowest BCUT2D eigenvalue weighted by molar-refractivity contribution is -0.129. The van der Waals surface area contributed by atoms with Gasteiger partial charge in [0.25, 0.3) is 0 Å². The number of fused-ring (bicyclic) bond motifs is 1. The lowest BCUT2D eigenvalue weighted by Gasteiger charge is -2.23. The van der Waals surface area contributed by atoms with Gasteiger partial charge in [-0.1, -0.05) is 0 Å². The molecule has 0 saturated carbocycles. The molecule has 0 radical (unpaired) electrons. The molecular weight excluding hydrogens is 190 g/mol. The summed E-state index contributed by atoms with van der Waals surface area (Å²) in [6, 6.07) is 2.01. The Morgan fingerprint density at radius 3 is 3.31 bits per heavy atom. The fourth-order valence-corrected chi connectivity index (χ4v) is 2.30. The van der Waals surface area contributed by atoms with Crippen LogP contribution >= 0.6 is 11.3 Å². The quantitative estimate of drug-likeness (QED) is 0.748. The van der Waals surface area contributed by atoms with E-state index < -0.39 is 6.16 Å². The van der Waals surface area contributed by atoms with Gasteiger partial charge in [-0.2, -0.15) is 0 Å². The highest BCUT2D eigenvalue weighted by molar-refractivity contribution is 7.10. The monoisotopic (exact) mass is 199 g/mol. The number of hydroxylamine groups is 2. The predicted molar refractivity (Wildman–Crippen MR) is 47.5 cm³/mol. The van der Waals surface area contributed by atoms with Crippen molar-refractivity contribution < 1.29 is 14.7 Å². The van der Waals surface area contributed by atoms with E-state index in [1.807, 2.05) is 11.4 Å². The highest BCUT2D eigenvalue weighted by Gasteiger charge is 2.19. The van der Waals surface area contributed by atoms with Crippen molar-refractivity contribution in [1.29, 1.82) is 0 Å². The first kappa shape index (κ1) is 8.52. The molecule has 13 heavy (non-hydrogen) atoms. The first-order valence-electron chi connectivity index (χ1n) is 3.97. The van der Waals surface area contributed by atoms with E-state index in [0.29, 0.717) is 13.1 Å². The zero-order valence-corrected chi connectivity index (χ0v) is 7.71. The van der Waals surface area contributed by atoms with Crippen molar-refractivity contribution in [2.45, 2.75) is 13.0 Å². The molecule has 1 aromatic heterocycles. The topological polar surface area (TPSA) is 49.8 Å². The van der Waals surface area contributed by atoms with Gasteiger partial charge in [0.05, 0.1) is 6.54 Å². The molecule has 1 aromatic rings. The maximum Gasteiger partial charge on any atom is 0.525 e. The van der Waals surface area contributed by atoms with Crippen LogP contribution < -0.4 is 0 Å². The lowest BCUT2D eigenvalue weighted by Crippen LogP contribution is -2.31. The Labute approximate surface area is 79.3 Å². The van der Waals surface area contributed by atoms with E-state index in [1.54, 1.807) is 11.3 Å². The van der Waals surface area contributed by atoms with Crippen molar-refractivity contribution in [3.63, 3.8) is 0 Å². The van der Waals surface area contributed by atoms with Crippen molar-refractivity contribution in [3.05, 3.63) is 21.9 Å². The van der Waals surface area contributed by atoms with E-state index in [-0.39, 0.29) is 0 Å². The lowest BCUT2D eigenvalue weighted by atomic mass is 10.1. The van der Waals surface area contributed by atoms with Crippen molar-refractivity contribution in [2.24, 2.45) is 0 Å². The third kappa shape index (κ3) is 1.81. The minimum atomic E-state index is -1.24. The van der Waals surface area contributed by atoms with Crippen molar-refractivity contribution in [2.75, 3.05) is 6.54 Å². The van der Waals surface area contributed by atoms with Crippen molar-refractivity contribution in [1.82, 2.24) is 5.06 Å². The first-order valence-corrected chi connectivity index (χ1v) is 4.85. The van der Waals surface area contributed by atoms with Gasteiger partial charge in [-0.3, -0.25) is 0 Å². The molecule has 5 heteroatoms. The molecule has 0 atom stereocenters. The smallest absolute Gasteiger partial charge is 0.448 e. The van der Waals surface area contributed by atoms with Crippen LogP contribution in [0.2, 0.25) is 0 Å². The fourth-order valence-electron chi connectivity index (χ4n) is 1.41. The van der Waals surface area contributed by atoms with Crippen LogP contribution in [0.3, 0.4) is 0 Å². The number of nitrogens with zero attached hydrogens (tertiary/aromatic N) is 1. The molecule has 0 unspecified atom stereocenters. The van der Waals surface area contributed by atoms with Crippen LogP contribution in [0.4, 0.5) is 4.79 Å². The van der Waals surface area contributed by atoms with Gasteiger partial charge in [0.1, 0.15) is 0 Å². The molecule has 1 N–H and O–H groups in total. The van der Waals surface area contributed by atoms with Crippen LogP contribution in [-0.4, -0.2) is 22.9 Å². The third-order valence-electron chi connectivity index (χ3n) is 1.98. The minimum absolute atomic E-state index is 0.575. The minimum Gasteiger partial charge on any atom is -0.448 e. The third-order valence-corrected chi connectivity index (χ3v) is 3.00. The van der Waals surface area contributed by atoms with Crippen LogP contribution in [0.15, 0.2) is 11.4 Å². The van der Waals surface area contributed by atoms with E-state index >= 15 is 0 Å². The predicted octanol–water partition coefficient (Wildman–Crippen LogP) is 1.72. The molecule has 0 fully saturated rings. The Morgan fingerprint density at radius 1 is 1.69 bits per heavy atom. The molecular formula is C8H9NO3S. The molecule has 0 aromatic carbocycles. The van der Waals surface area contributed by atoms with Gasteiger partial charge < -0.3 is 9.94 Å². The fraction of sp³-hybridized carbons (Fsp3) is 0.375. The molecule has 0 aliphatic carbocycles. The molecule has 2 rings (SSSR count). The van der Waals surface area contributed by atoms with Crippen LogP contribution in [-0.2, 0) is 17.8 Å². The molecule has 0 spiro atoms. The second kappa shape index (κ2) is 3.35. The number of hydrogen-bond acceptors (Lipinski definition) is 4. The van der Waals surface area contributed by atoms with Gasteiger partial charge in [-0.15, -0.1) is 16.4 Å². The maximum absolute atomic E-state index is 10.3. The average Bonchev–Trinajstić information content (AvgIpc) is 2.49. The van der Waals surface area contributed by atoms with E-state index in [0.717, 1.165) is 6.42 Å². The standard InChI is InChI=1S/C8H9NO3S/c10-8(11)12-9-3-1-7-6(5-9)2-4-13-7/h2,4H,1,3,5H2,(H,10,11). The van der Waals surface area contributed by atoms with E-state index in [9.17, 15) is 4.79 Å². The summed E-state index contributed by atoms with van der Waals surface area (Å²) in [5.74, 6) is 0. The molecule has 70 valence electrons. The summed E-state index contributed by atoms with van der Waals surface area (Å²) < 4.78 is 0. The Balaban J connectivity index is 2.04. The average molecular weight is 199 g/mol. The molecule has 1 aliphatic heterocycles. The summed E-state index contributed by atoms with van der Waals surface area (Å²) in [6.07, 6.45) is -0.362.